The molecule has 0 aliphatic carbocycles. The number of aliphatic hydroxyl groups excluding tert-OH is 1. The fraction of sp³-hybridized carbons (Fsp3) is 0.455. The van der Waals surface area contributed by atoms with Crippen molar-refractivity contribution >= 4 is 0 Å². The number of methoxy groups -OCH3 is 2. The minimum atomic E-state index is -0.463. The van der Waals surface area contributed by atoms with Crippen LogP contribution in [0.5, 0.6) is 11.5 Å². The van der Waals surface area contributed by atoms with Crippen molar-refractivity contribution in [3.05, 3.63) is 34.2 Å². The van der Waals surface area contributed by atoms with Gasteiger partial charge in [0, 0.05) is 17.1 Å². The zero-order chi connectivity index (χ0) is 12.7. The van der Waals surface area contributed by atoms with Gasteiger partial charge in [-0.25, -0.2) is 0 Å². The highest BCUT2D eigenvalue weighted by Crippen LogP contribution is 2.33. The van der Waals surface area contributed by atoms with Crippen molar-refractivity contribution in [1.82, 2.24) is 0 Å². The number of aliphatic hydroxyl groups is 1. The number of hydrogen-bond donors (Lipinski definition) is 1. The molecule has 6 nitrogen and oxygen atoms in total. The molecule has 1 aromatic carbocycles. The van der Waals surface area contributed by atoms with Crippen LogP contribution in [0.4, 0.5) is 0 Å². The summed E-state index contributed by atoms with van der Waals surface area (Å²) < 4.78 is 10.3. The Morgan fingerprint density at radius 3 is 2.71 bits per heavy atom. The largest absolute Gasteiger partial charge is 0.497 e. The van der Waals surface area contributed by atoms with E-state index in [0.717, 1.165) is 0 Å². The lowest BCUT2D eigenvalue weighted by atomic mass is 10.0. The predicted molar refractivity (Wildman–Crippen MR) is 63.1 cm³/mol. The molecule has 17 heavy (non-hydrogen) atoms. The van der Waals surface area contributed by atoms with Crippen molar-refractivity contribution in [3.63, 3.8) is 0 Å². The van der Waals surface area contributed by atoms with E-state index in [1.807, 2.05) is 0 Å². The molecule has 0 heterocycles. The van der Waals surface area contributed by atoms with Gasteiger partial charge < -0.3 is 14.6 Å². The minimum absolute atomic E-state index is 0.0654. The second kappa shape index (κ2) is 6.62. The summed E-state index contributed by atoms with van der Waals surface area (Å²) in [5.41, 5.74) is 9.23. The fourth-order valence-corrected chi connectivity index (χ4v) is 1.56. The van der Waals surface area contributed by atoms with Crippen LogP contribution in [0.2, 0.25) is 0 Å². The van der Waals surface area contributed by atoms with Crippen molar-refractivity contribution in [3.8, 4) is 11.5 Å². The molecule has 1 aromatic rings. The van der Waals surface area contributed by atoms with E-state index in [9.17, 15) is 0 Å². The molecule has 1 atom stereocenters. The van der Waals surface area contributed by atoms with Crippen LogP contribution in [0.25, 0.3) is 10.4 Å². The van der Waals surface area contributed by atoms with E-state index in [1.54, 1.807) is 25.3 Å². The Morgan fingerprint density at radius 2 is 2.18 bits per heavy atom. The highest BCUT2D eigenvalue weighted by atomic mass is 16.5. The van der Waals surface area contributed by atoms with Crippen LogP contribution in [0.1, 0.15) is 18.0 Å². The fourth-order valence-electron chi connectivity index (χ4n) is 1.56. The normalized spacial score (nSPS) is 11.5. The molecule has 0 bridgehead atoms. The molecule has 92 valence electrons. The van der Waals surface area contributed by atoms with E-state index in [1.165, 1.54) is 7.11 Å². The molecule has 0 saturated carbocycles. The van der Waals surface area contributed by atoms with Crippen LogP contribution in [0.15, 0.2) is 23.3 Å². The molecular weight excluding hydrogens is 222 g/mol. The number of ether oxygens (including phenoxy) is 2. The molecule has 0 aromatic heterocycles. The summed E-state index contributed by atoms with van der Waals surface area (Å²) in [6.45, 7) is -0.0654. The molecule has 6 heteroatoms. The summed E-state index contributed by atoms with van der Waals surface area (Å²) in [5.74, 6) is 1.26. The van der Waals surface area contributed by atoms with E-state index in [4.69, 9.17) is 20.1 Å². The van der Waals surface area contributed by atoms with E-state index >= 15 is 0 Å². The smallest absolute Gasteiger partial charge is 0.122 e. The summed E-state index contributed by atoms with van der Waals surface area (Å²) in [4.78, 5) is 2.78. The van der Waals surface area contributed by atoms with Crippen molar-refractivity contribution in [2.75, 3.05) is 20.8 Å². The van der Waals surface area contributed by atoms with E-state index < -0.39 is 6.04 Å². The molecule has 0 amide bonds. The predicted octanol–water partition coefficient (Wildman–Crippen LogP) is 2.44. The van der Waals surface area contributed by atoms with Crippen molar-refractivity contribution in [2.24, 2.45) is 5.11 Å². The summed E-state index contributed by atoms with van der Waals surface area (Å²) >= 11 is 0. The lowest BCUT2D eigenvalue weighted by Crippen LogP contribution is -2.01. The average Bonchev–Trinajstić information content (AvgIpc) is 2.37. The zero-order valence-electron chi connectivity index (χ0n) is 9.83. The molecule has 0 saturated heterocycles. The second-order valence-corrected chi connectivity index (χ2v) is 3.34. The van der Waals surface area contributed by atoms with Crippen molar-refractivity contribution in [2.45, 2.75) is 12.5 Å². The third kappa shape index (κ3) is 3.27. The van der Waals surface area contributed by atoms with Gasteiger partial charge in [0.15, 0.2) is 0 Å². The Labute approximate surface area is 99.4 Å². The quantitative estimate of drug-likeness (QED) is 0.468. The molecule has 0 radical (unpaired) electrons. The molecule has 0 aliphatic rings. The topological polar surface area (TPSA) is 87.5 Å². The molecule has 1 unspecified atom stereocenters. The molecule has 1 N–H and O–H groups in total. The minimum Gasteiger partial charge on any atom is -0.497 e. The Balaban J connectivity index is 3.17. The third-order valence-corrected chi connectivity index (χ3v) is 2.39. The summed E-state index contributed by atoms with van der Waals surface area (Å²) in [5, 5.41) is 12.6. The Morgan fingerprint density at radius 1 is 1.41 bits per heavy atom. The number of azide groups is 1. The Hall–Kier alpha value is -1.91. The molecular formula is C11H15N3O3. The first kappa shape index (κ1) is 13.2. The van der Waals surface area contributed by atoms with Crippen molar-refractivity contribution < 1.29 is 14.6 Å². The lowest BCUT2D eigenvalue weighted by molar-refractivity contribution is 0.275. The summed E-state index contributed by atoms with van der Waals surface area (Å²) in [6, 6.07) is 4.78. The molecule has 0 spiro atoms. The number of rotatable bonds is 6. The van der Waals surface area contributed by atoms with Gasteiger partial charge in [-0.15, -0.1) is 0 Å². The average molecular weight is 237 g/mol. The standard InChI is InChI=1S/C11H15N3O3/c1-16-8-3-4-11(17-2)9(7-8)10(5-6-15)13-14-12/h3-4,7,10,15H,5-6H2,1-2H3. The number of nitrogens with zero attached hydrogens (tertiary/aromatic N) is 3. The van der Waals surface area contributed by atoms with Gasteiger partial charge in [-0.3, -0.25) is 0 Å². The number of hydrogen-bond acceptors (Lipinski definition) is 4. The summed E-state index contributed by atoms with van der Waals surface area (Å²) in [7, 11) is 3.09. The van der Waals surface area contributed by atoms with Crippen LogP contribution in [-0.4, -0.2) is 25.9 Å². The first-order chi connectivity index (χ1) is 8.26. The van der Waals surface area contributed by atoms with Crippen LogP contribution in [0.3, 0.4) is 0 Å². The highest BCUT2D eigenvalue weighted by Gasteiger charge is 2.15. The third-order valence-electron chi connectivity index (χ3n) is 2.39. The van der Waals surface area contributed by atoms with E-state index in [2.05, 4.69) is 10.0 Å². The van der Waals surface area contributed by atoms with Gasteiger partial charge in [-0.2, -0.15) is 0 Å². The van der Waals surface area contributed by atoms with Gasteiger partial charge in [0.05, 0.1) is 20.3 Å². The first-order valence-electron chi connectivity index (χ1n) is 5.13. The van der Waals surface area contributed by atoms with Gasteiger partial charge >= 0.3 is 0 Å². The monoisotopic (exact) mass is 237 g/mol. The van der Waals surface area contributed by atoms with Crippen LogP contribution in [0, 0.1) is 0 Å². The SMILES string of the molecule is COc1ccc(OC)c(C(CCO)N=[N+]=[N-])c1. The Bertz CT molecular complexity index is 416. The van der Waals surface area contributed by atoms with Gasteiger partial charge in [0.1, 0.15) is 11.5 Å². The second-order valence-electron chi connectivity index (χ2n) is 3.34. The molecule has 1 rings (SSSR count). The zero-order valence-corrected chi connectivity index (χ0v) is 9.83. The first-order valence-corrected chi connectivity index (χ1v) is 5.13. The maximum atomic E-state index is 8.96. The molecule has 0 fully saturated rings. The van der Waals surface area contributed by atoms with Gasteiger partial charge in [-0.1, -0.05) is 5.11 Å². The van der Waals surface area contributed by atoms with E-state index in [-0.39, 0.29) is 6.61 Å². The van der Waals surface area contributed by atoms with Crippen LogP contribution < -0.4 is 9.47 Å². The van der Waals surface area contributed by atoms with Crippen LogP contribution >= 0.6 is 0 Å². The van der Waals surface area contributed by atoms with E-state index in [0.29, 0.717) is 23.5 Å². The highest BCUT2D eigenvalue weighted by molar-refractivity contribution is 5.42. The van der Waals surface area contributed by atoms with Crippen LogP contribution in [-0.2, 0) is 0 Å². The Kier molecular flexibility index (Phi) is 5.13. The van der Waals surface area contributed by atoms with Gasteiger partial charge in [0.2, 0.25) is 0 Å². The lowest BCUT2D eigenvalue weighted by Gasteiger charge is -2.15. The van der Waals surface area contributed by atoms with Crippen molar-refractivity contribution in [1.29, 1.82) is 0 Å². The molecule has 0 aliphatic heterocycles. The van der Waals surface area contributed by atoms with Gasteiger partial charge in [0.25, 0.3) is 0 Å². The van der Waals surface area contributed by atoms with Gasteiger partial charge in [-0.05, 0) is 30.2 Å². The summed E-state index contributed by atoms with van der Waals surface area (Å²) in [6.07, 6.45) is 0.341. The maximum absolute atomic E-state index is 8.96. The maximum Gasteiger partial charge on any atom is 0.122 e. The number of benzene rings is 1.